The van der Waals surface area contributed by atoms with Crippen molar-refractivity contribution in [3.63, 3.8) is 0 Å². The smallest absolute Gasteiger partial charge is 0.163 e. The van der Waals surface area contributed by atoms with Gasteiger partial charge in [-0.2, -0.15) is 0 Å². The third-order valence-corrected chi connectivity index (χ3v) is 4.68. The molecular formula is C17H19BrN2O3. The highest BCUT2D eigenvalue weighted by molar-refractivity contribution is 9.10. The highest BCUT2D eigenvalue weighted by atomic mass is 79.9. The molecule has 6 heteroatoms. The van der Waals surface area contributed by atoms with E-state index >= 15 is 0 Å². The summed E-state index contributed by atoms with van der Waals surface area (Å²) in [6.07, 6.45) is 0.954. The van der Waals surface area contributed by atoms with Gasteiger partial charge in [0.2, 0.25) is 0 Å². The first-order chi connectivity index (χ1) is 11.0. The number of halogens is 1. The minimum Gasteiger partial charge on any atom is -0.496 e. The Bertz CT molecular complexity index is 755. The molecule has 1 aliphatic heterocycles. The van der Waals surface area contributed by atoms with Gasteiger partial charge in [0.05, 0.1) is 37.6 Å². The van der Waals surface area contributed by atoms with Crippen molar-refractivity contribution in [2.45, 2.75) is 32.9 Å². The minimum atomic E-state index is -0.0152. The van der Waals surface area contributed by atoms with E-state index in [0.29, 0.717) is 17.9 Å². The number of hydrogen-bond donors (Lipinski definition) is 0. The zero-order chi connectivity index (χ0) is 16.6. The number of hydrogen-bond acceptors (Lipinski definition) is 4. The summed E-state index contributed by atoms with van der Waals surface area (Å²) in [6.45, 7) is 5.04. The van der Waals surface area contributed by atoms with Gasteiger partial charge in [0.25, 0.3) is 0 Å². The van der Waals surface area contributed by atoms with Gasteiger partial charge >= 0.3 is 0 Å². The molecule has 2 heterocycles. The average Bonchev–Trinajstić information content (AvgIpc) is 2.70. The first-order valence-corrected chi connectivity index (χ1v) is 8.36. The number of methoxy groups -OCH3 is 1. The maximum Gasteiger partial charge on any atom is 0.163 e. The van der Waals surface area contributed by atoms with Crippen molar-refractivity contribution in [2.24, 2.45) is 0 Å². The fraction of sp³-hybridized carbons (Fsp3) is 0.412. The molecule has 0 saturated carbocycles. The summed E-state index contributed by atoms with van der Waals surface area (Å²) in [5, 5.41) is 0. The molecule has 23 heavy (non-hydrogen) atoms. The number of carbonyl (C=O) groups excluding carboxylic acids is 1. The van der Waals surface area contributed by atoms with E-state index in [0.717, 1.165) is 34.7 Å². The van der Waals surface area contributed by atoms with Crippen LogP contribution < -0.4 is 4.74 Å². The molecule has 0 saturated heterocycles. The second kappa shape index (κ2) is 6.45. The van der Waals surface area contributed by atoms with E-state index in [1.165, 1.54) is 6.92 Å². The third kappa shape index (κ3) is 3.05. The Morgan fingerprint density at radius 3 is 2.96 bits per heavy atom. The van der Waals surface area contributed by atoms with Crippen molar-refractivity contribution in [3.05, 3.63) is 34.1 Å². The molecule has 1 atom stereocenters. The largest absolute Gasteiger partial charge is 0.496 e. The molecule has 0 radical (unpaired) electrons. The lowest BCUT2D eigenvalue weighted by Gasteiger charge is -2.14. The Morgan fingerprint density at radius 1 is 1.48 bits per heavy atom. The first kappa shape index (κ1) is 16.2. The van der Waals surface area contributed by atoms with E-state index < -0.39 is 0 Å². The predicted octanol–water partition coefficient (Wildman–Crippen LogP) is 3.49. The number of aromatic nitrogens is 2. The maximum absolute atomic E-state index is 11.7. The molecule has 0 fully saturated rings. The van der Waals surface area contributed by atoms with Crippen LogP contribution in [0.1, 0.15) is 29.9 Å². The number of rotatable bonds is 3. The van der Waals surface area contributed by atoms with Gasteiger partial charge in [0.1, 0.15) is 16.2 Å². The van der Waals surface area contributed by atoms with Gasteiger partial charge in [0.15, 0.2) is 5.78 Å². The number of ether oxygens (including phenoxy) is 2. The minimum absolute atomic E-state index is 0.0152. The summed E-state index contributed by atoms with van der Waals surface area (Å²) in [5.74, 6) is 1.41. The molecule has 0 bridgehead atoms. The van der Waals surface area contributed by atoms with Gasteiger partial charge in [-0.25, -0.2) is 4.98 Å². The van der Waals surface area contributed by atoms with Gasteiger partial charge in [-0.3, -0.25) is 4.79 Å². The molecule has 0 aliphatic carbocycles. The lowest BCUT2D eigenvalue weighted by atomic mass is 10.1. The normalized spacial score (nSPS) is 17.5. The lowest BCUT2D eigenvalue weighted by Crippen LogP contribution is -2.15. The highest BCUT2D eigenvalue weighted by Gasteiger charge is 2.22. The van der Waals surface area contributed by atoms with Gasteiger partial charge < -0.3 is 14.0 Å². The Labute approximate surface area is 143 Å². The van der Waals surface area contributed by atoms with Gasteiger partial charge in [-0.15, -0.1) is 0 Å². The van der Waals surface area contributed by atoms with Crippen molar-refractivity contribution in [1.29, 1.82) is 0 Å². The van der Waals surface area contributed by atoms with Gasteiger partial charge in [-0.05, 0) is 41.9 Å². The quantitative estimate of drug-likeness (QED) is 0.767. The topological polar surface area (TPSA) is 53.4 Å². The molecular weight excluding hydrogens is 360 g/mol. The molecule has 0 unspecified atom stereocenters. The standard InChI is InChI=1S/C17H19BrN2O3/c1-10-9-20-14(6-7-23-10)16(18)19-17(20)12-4-5-13(11(2)21)15(8-12)22-3/h4-5,8,10H,6-7,9H2,1-3H3/t10-/m1/s1. The maximum atomic E-state index is 11.7. The van der Waals surface area contributed by atoms with Gasteiger partial charge in [0, 0.05) is 12.0 Å². The summed E-state index contributed by atoms with van der Waals surface area (Å²) in [4.78, 5) is 16.3. The van der Waals surface area contributed by atoms with Crippen LogP contribution in [-0.2, 0) is 17.7 Å². The van der Waals surface area contributed by atoms with E-state index in [4.69, 9.17) is 9.47 Å². The van der Waals surface area contributed by atoms with E-state index in [1.807, 2.05) is 12.1 Å². The van der Waals surface area contributed by atoms with Crippen LogP contribution in [0.25, 0.3) is 11.4 Å². The second-order valence-electron chi connectivity index (χ2n) is 5.69. The Hall–Kier alpha value is -1.66. The molecule has 1 aromatic carbocycles. The molecule has 1 aromatic heterocycles. The summed E-state index contributed by atoms with van der Waals surface area (Å²) in [6, 6.07) is 5.58. The predicted molar refractivity (Wildman–Crippen MR) is 91.0 cm³/mol. The van der Waals surface area contributed by atoms with Crippen LogP contribution in [0, 0.1) is 0 Å². The summed E-state index contributed by atoms with van der Waals surface area (Å²) in [5.41, 5.74) is 2.64. The second-order valence-corrected chi connectivity index (χ2v) is 6.44. The SMILES string of the molecule is COc1cc(-c2nc(Br)c3n2C[C@@H](C)OCC3)ccc1C(C)=O. The summed E-state index contributed by atoms with van der Waals surface area (Å²) < 4.78 is 14.1. The zero-order valence-corrected chi connectivity index (χ0v) is 15.0. The molecule has 1 aliphatic rings. The van der Waals surface area contributed by atoms with E-state index in [1.54, 1.807) is 13.2 Å². The number of nitrogens with zero attached hydrogens (tertiary/aromatic N) is 2. The van der Waals surface area contributed by atoms with E-state index in [2.05, 4.69) is 32.4 Å². The molecule has 5 nitrogen and oxygen atoms in total. The monoisotopic (exact) mass is 378 g/mol. The Kier molecular flexibility index (Phi) is 4.55. The summed E-state index contributed by atoms with van der Waals surface area (Å²) in [7, 11) is 1.57. The van der Waals surface area contributed by atoms with Crippen LogP contribution in [0.4, 0.5) is 0 Å². The fourth-order valence-electron chi connectivity index (χ4n) is 2.90. The van der Waals surface area contributed by atoms with Crippen LogP contribution in [0.15, 0.2) is 22.8 Å². The Morgan fingerprint density at radius 2 is 2.26 bits per heavy atom. The van der Waals surface area contributed by atoms with Crippen LogP contribution >= 0.6 is 15.9 Å². The fourth-order valence-corrected chi connectivity index (χ4v) is 3.48. The molecule has 0 spiro atoms. The number of fused-ring (bicyclic) bond motifs is 1. The number of carbonyl (C=O) groups is 1. The van der Waals surface area contributed by atoms with Crippen LogP contribution in [0.2, 0.25) is 0 Å². The molecule has 122 valence electrons. The number of benzene rings is 1. The van der Waals surface area contributed by atoms with Crippen molar-refractivity contribution >= 4 is 21.7 Å². The first-order valence-electron chi connectivity index (χ1n) is 7.57. The third-order valence-electron chi connectivity index (χ3n) is 4.04. The van der Waals surface area contributed by atoms with Crippen molar-refractivity contribution in [2.75, 3.05) is 13.7 Å². The number of Topliss-reactive ketones (excluding diaryl/α,β-unsaturated/α-hetero) is 1. The van der Waals surface area contributed by atoms with Gasteiger partial charge in [-0.1, -0.05) is 6.07 Å². The highest BCUT2D eigenvalue weighted by Crippen LogP contribution is 2.32. The van der Waals surface area contributed by atoms with Crippen molar-refractivity contribution in [3.8, 4) is 17.1 Å². The lowest BCUT2D eigenvalue weighted by molar-refractivity contribution is 0.0666. The zero-order valence-electron chi connectivity index (χ0n) is 13.4. The molecule has 0 N–H and O–H groups in total. The Balaban J connectivity index is 2.11. The summed E-state index contributed by atoms with van der Waals surface area (Å²) >= 11 is 3.56. The van der Waals surface area contributed by atoms with Crippen LogP contribution in [0.3, 0.4) is 0 Å². The number of imidazole rings is 1. The van der Waals surface area contributed by atoms with Crippen LogP contribution in [0.5, 0.6) is 5.75 Å². The molecule has 3 rings (SSSR count). The van der Waals surface area contributed by atoms with Crippen molar-refractivity contribution < 1.29 is 14.3 Å². The average molecular weight is 379 g/mol. The molecule has 0 amide bonds. The van der Waals surface area contributed by atoms with E-state index in [9.17, 15) is 4.79 Å². The molecule has 2 aromatic rings. The number of ketones is 1. The van der Waals surface area contributed by atoms with Crippen molar-refractivity contribution in [1.82, 2.24) is 9.55 Å². The van der Waals surface area contributed by atoms with Crippen LogP contribution in [-0.4, -0.2) is 35.2 Å². The van der Waals surface area contributed by atoms with E-state index in [-0.39, 0.29) is 11.9 Å².